The van der Waals surface area contributed by atoms with Gasteiger partial charge in [0.05, 0.1) is 6.04 Å². The molecular weight excluding hydrogens is 380 g/mol. The standard InChI is InChI=1S/C23H28N4OS/c1-5-7-21(28)24-18(4)22-25-26-23(27(22)20-12-10-16(2)11-13-20)29-15-19-9-6-8-17(3)14-19/h6,8-14,18H,5,7,15H2,1-4H3,(H,24,28). The van der Waals surface area contributed by atoms with Crippen LogP contribution in [0.3, 0.4) is 0 Å². The van der Waals surface area contributed by atoms with Gasteiger partial charge in [-0.3, -0.25) is 9.36 Å². The molecule has 0 aliphatic carbocycles. The van der Waals surface area contributed by atoms with Crippen LogP contribution in [-0.4, -0.2) is 20.7 Å². The number of hydrogen-bond donors (Lipinski definition) is 1. The van der Waals surface area contributed by atoms with Crippen molar-refractivity contribution in [1.29, 1.82) is 0 Å². The minimum absolute atomic E-state index is 0.0346. The molecule has 0 fully saturated rings. The first kappa shape index (κ1) is 21.1. The van der Waals surface area contributed by atoms with Crippen LogP contribution in [0.4, 0.5) is 0 Å². The van der Waals surface area contributed by atoms with Crippen LogP contribution in [0.25, 0.3) is 5.69 Å². The van der Waals surface area contributed by atoms with E-state index in [1.165, 1.54) is 16.7 Å². The van der Waals surface area contributed by atoms with Crippen LogP contribution in [-0.2, 0) is 10.5 Å². The van der Waals surface area contributed by atoms with Gasteiger partial charge in [-0.05, 0) is 44.9 Å². The van der Waals surface area contributed by atoms with Crippen molar-refractivity contribution in [3.05, 3.63) is 71.0 Å². The van der Waals surface area contributed by atoms with E-state index < -0.39 is 0 Å². The summed E-state index contributed by atoms with van der Waals surface area (Å²) in [6, 6.07) is 16.6. The van der Waals surface area contributed by atoms with Gasteiger partial charge in [0.1, 0.15) is 0 Å². The number of hydrogen-bond acceptors (Lipinski definition) is 4. The molecule has 0 aliphatic heterocycles. The lowest BCUT2D eigenvalue weighted by Gasteiger charge is -2.16. The van der Waals surface area contributed by atoms with Gasteiger partial charge in [-0.15, -0.1) is 10.2 Å². The molecule has 0 bridgehead atoms. The number of thioether (sulfide) groups is 1. The van der Waals surface area contributed by atoms with Crippen LogP contribution in [0, 0.1) is 13.8 Å². The van der Waals surface area contributed by atoms with Crippen LogP contribution < -0.4 is 5.32 Å². The third-order valence-electron chi connectivity index (χ3n) is 4.64. The van der Waals surface area contributed by atoms with Crippen LogP contribution in [0.5, 0.6) is 0 Å². The van der Waals surface area contributed by atoms with Gasteiger partial charge >= 0.3 is 0 Å². The van der Waals surface area contributed by atoms with Gasteiger partial charge in [-0.25, -0.2) is 0 Å². The zero-order chi connectivity index (χ0) is 20.8. The van der Waals surface area contributed by atoms with Gasteiger partial charge in [0, 0.05) is 17.9 Å². The van der Waals surface area contributed by atoms with Crippen molar-refractivity contribution in [3.8, 4) is 5.69 Å². The molecule has 0 spiro atoms. The summed E-state index contributed by atoms with van der Waals surface area (Å²) < 4.78 is 2.05. The van der Waals surface area contributed by atoms with E-state index in [0.29, 0.717) is 6.42 Å². The average Bonchev–Trinajstić information content (AvgIpc) is 3.11. The highest BCUT2D eigenvalue weighted by molar-refractivity contribution is 7.98. The number of benzene rings is 2. The Morgan fingerprint density at radius 3 is 2.55 bits per heavy atom. The van der Waals surface area contributed by atoms with Gasteiger partial charge in [0.15, 0.2) is 11.0 Å². The molecule has 1 aromatic heterocycles. The molecule has 3 rings (SSSR count). The Morgan fingerprint density at radius 2 is 1.86 bits per heavy atom. The number of aromatic nitrogens is 3. The predicted octanol–water partition coefficient (Wildman–Crippen LogP) is 5.15. The van der Waals surface area contributed by atoms with Gasteiger partial charge < -0.3 is 5.32 Å². The van der Waals surface area contributed by atoms with E-state index in [4.69, 9.17) is 0 Å². The first-order chi connectivity index (χ1) is 14.0. The van der Waals surface area contributed by atoms with Crippen molar-refractivity contribution < 1.29 is 4.79 Å². The number of aryl methyl sites for hydroxylation is 2. The molecule has 2 aromatic carbocycles. The number of amides is 1. The Kier molecular flexibility index (Phi) is 7.09. The largest absolute Gasteiger partial charge is 0.346 e. The zero-order valence-electron chi connectivity index (χ0n) is 17.5. The lowest BCUT2D eigenvalue weighted by Crippen LogP contribution is -2.28. The quantitative estimate of drug-likeness (QED) is 0.524. The lowest BCUT2D eigenvalue weighted by atomic mass is 10.2. The third kappa shape index (κ3) is 5.48. The first-order valence-electron chi connectivity index (χ1n) is 9.98. The number of carbonyl (C=O) groups excluding carboxylic acids is 1. The van der Waals surface area contributed by atoms with Crippen LogP contribution in [0.1, 0.15) is 55.2 Å². The number of carbonyl (C=O) groups is 1. The smallest absolute Gasteiger partial charge is 0.220 e. The Morgan fingerprint density at radius 1 is 1.10 bits per heavy atom. The molecule has 1 N–H and O–H groups in total. The predicted molar refractivity (Wildman–Crippen MR) is 118 cm³/mol. The molecule has 1 amide bonds. The van der Waals surface area contributed by atoms with Crippen LogP contribution in [0.2, 0.25) is 0 Å². The molecule has 0 radical (unpaired) electrons. The van der Waals surface area contributed by atoms with Gasteiger partial charge in [0.25, 0.3) is 0 Å². The second kappa shape index (κ2) is 9.74. The Hall–Kier alpha value is -2.60. The molecule has 3 aromatic rings. The highest BCUT2D eigenvalue weighted by Crippen LogP contribution is 2.28. The summed E-state index contributed by atoms with van der Waals surface area (Å²) in [5.74, 6) is 1.58. The molecule has 0 saturated carbocycles. The minimum Gasteiger partial charge on any atom is -0.346 e. The number of nitrogens with one attached hydrogen (secondary N) is 1. The maximum atomic E-state index is 12.1. The molecular formula is C23H28N4OS. The highest BCUT2D eigenvalue weighted by atomic mass is 32.2. The van der Waals surface area contributed by atoms with Crippen molar-refractivity contribution in [3.63, 3.8) is 0 Å². The maximum Gasteiger partial charge on any atom is 0.220 e. The highest BCUT2D eigenvalue weighted by Gasteiger charge is 2.21. The molecule has 6 heteroatoms. The van der Waals surface area contributed by atoms with Gasteiger partial charge in [-0.2, -0.15) is 0 Å². The molecule has 5 nitrogen and oxygen atoms in total. The summed E-state index contributed by atoms with van der Waals surface area (Å²) in [6.07, 6.45) is 1.33. The van der Waals surface area contributed by atoms with E-state index in [2.05, 4.69) is 82.5 Å². The number of nitrogens with zero attached hydrogens (tertiary/aromatic N) is 3. The van der Waals surface area contributed by atoms with Crippen LogP contribution >= 0.6 is 11.8 Å². The summed E-state index contributed by atoms with van der Waals surface area (Å²) in [5.41, 5.74) is 4.69. The van der Waals surface area contributed by atoms with E-state index in [1.807, 2.05) is 13.8 Å². The minimum atomic E-state index is -0.226. The molecule has 0 aliphatic rings. The lowest BCUT2D eigenvalue weighted by molar-refractivity contribution is -0.121. The van der Waals surface area contributed by atoms with Gasteiger partial charge in [0.2, 0.25) is 5.91 Å². The van der Waals surface area contributed by atoms with Crippen LogP contribution in [0.15, 0.2) is 53.7 Å². The van der Waals surface area contributed by atoms with Gasteiger partial charge in [-0.1, -0.05) is 66.2 Å². The molecule has 1 heterocycles. The molecule has 1 atom stereocenters. The molecule has 0 saturated heterocycles. The van der Waals surface area contributed by atoms with E-state index in [1.54, 1.807) is 11.8 Å². The summed E-state index contributed by atoms with van der Waals surface area (Å²) in [4.78, 5) is 12.1. The Bertz CT molecular complexity index is 965. The van der Waals surface area contributed by atoms with Crippen molar-refractivity contribution in [2.75, 3.05) is 0 Å². The zero-order valence-corrected chi connectivity index (χ0v) is 18.3. The second-order valence-electron chi connectivity index (χ2n) is 7.33. The monoisotopic (exact) mass is 408 g/mol. The fourth-order valence-electron chi connectivity index (χ4n) is 3.15. The number of rotatable bonds is 8. The van der Waals surface area contributed by atoms with E-state index in [0.717, 1.165) is 28.8 Å². The Balaban J connectivity index is 1.90. The molecule has 29 heavy (non-hydrogen) atoms. The van der Waals surface area contributed by atoms with E-state index in [9.17, 15) is 4.79 Å². The van der Waals surface area contributed by atoms with E-state index >= 15 is 0 Å². The molecule has 152 valence electrons. The van der Waals surface area contributed by atoms with Crippen molar-refractivity contribution in [1.82, 2.24) is 20.1 Å². The SMILES string of the molecule is CCCC(=O)NC(C)c1nnc(SCc2cccc(C)c2)n1-c1ccc(C)cc1. The molecule has 1 unspecified atom stereocenters. The first-order valence-corrected chi connectivity index (χ1v) is 11.0. The normalized spacial score (nSPS) is 12.0. The van der Waals surface area contributed by atoms with Crippen molar-refractivity contribution in [2.24, 2.45) is 0 Å². The summed E-state index contributed by atoms with van der Waals surface area (Å²) >= 11 is 1.65. The summed E-state index contributed by atoms with van der Waals surface area (Å²) in [5, 5.41) is 12.7. The van der Waals surface area contributed by atoms with Crippen molar-refractivity contribution >= 4 is 17.7 Å². The summed E-state index contributed by atoms with van der Waals surface area (Å²) in [6.45, 7) is 8.12. The maximum absolute atomic E-state index is 12.1. The summed E-state index contributed by atoms with van der Waals surface area (Å²) in [7, 11) is 0. The van der Waals surface area contributed by atoms with E-state index in [-0.39, 0.29) is 11.9 Å². The average molecular weight is 409 g/mol. The third-order valence-corrected chi connectivity index (χ3v) is 5.64. The fraction of sp³-hybridized carbons (Fsp3) is 0.348. The Labute approximate surface area is 176 Å². The topological polar surface area (TPSA) is 59.8 Å². The van der Waals surface area contributed by atoms with Crippen molar-refractivity contribution in [2.45, 2.75) is 57.5 Å². The fourth-order valence-corrected chi connectivity index (χ4v) is 4.05. The second-order valence-corrected chi connectivity index (χ2v) is 8.27.